The monoisotopic (exact) mass is 259 g/mol. The van der Waals surface area contributed by atoms with Crippen LogP contribution >= 0.6 is 15.9 Å². The first-order valence-corrected chi connectivity index (χ1v) is 5.65. The molecule has 0 saturated carbocycles. The second kappa shape index (κ2) is 5.47. The number of hydrogen-bond acceptors (Lipinski definition) is 1. The molecule has 78 valence electrons. The summed E-state index contributed by atoms with van der Waals surface area (Å²) < 4.78 is 13.4. The predicted molar refractivity (Wildman–Crippen MR) is 60.6 cm³/mol. The van der Waals surface area contributed by atoms with Crippen molar-refractivity contribution in [3.05, 3.63) is 34.1 Å². The van der Waals surface area contributed by atoms with Crippen LogP contribution in [0.4, 0.5) is 4.39 Å². The van der Waals surface area contributed by atoms with Crippen LogP contribution in [0.25, 0.3) is 0 Å². The molecule has 0 aliphatic carbocycles. The highest BCUT2D eigenvalue weighted by molar-refractivity contribution is 9.10. The van der Waals surface area contributed by atoms with E-state index in [2.05, 4.69) is 22.9 Å². The van der Waals surface area contributed by atoms with Crippen LogP contribution in [0.15, 0.2) is 22.7 Å². The van der Waals surface area contributed by atoms with Crippen LogP contribution in [0.1, 0.15) is 37.8 Å². The number of halogens is 2. The molecule has 1 atom stereocenters. The minimum Gasteiger partial charge on any atom is -0.324 e. The van der Waals surface area contributed by atoms with Gasteiger partial charge in [0.15, 0.2) is 0 Å². The average Bonchev–Trinajstić information content (AvgIpc) is 2.18. The van der Waals surface area contributed by atoms with Crippen LogP contribution in [0, 0.1) is 5.82 Å². The van der Waals surface area contributed by atoms with E-state index in [1.54, 1.807) is 12.1 Å². The molecule has 0 aliphatic heterocycles. The van der Waals surface area contributed by atoms with E-state index in [0.29, 0.717) is 4.47 Å². The molecule has 2 N–H and O–H groups in total. The van der Waals surface area contributed by atoms with Gasteiger partial charge in [0.05, 0.1) is 4.47 Å². The lowest BCUT2D eigenvalue weighted by molar-refractivity contribution is 0.594. The molecule has 1 rings (SSSR count). The largest absolute Gasteiger partial charge is 0.324 e. The molecule has 1 aromatic rings. The third-order valence-corrected chi connectivity index (χ3v) is 2.85. The Morgan fingerprint density at radius 1 is 1.50 bits per heavy atom. The molecule has 3 heteroatoms. The van der Waals surface area contributed by atoms with Gasteiger partial charge in [-0.25, -0.2) is 4.39 Å². The van der Waals surface area contributed by atoms with Crippen molar-refractivity contribution in [2.45, 2.75) is 32.2 Å². The molecule has 0 aromatic heterocycles. The van der Waals surface area contributed by atoms with Gasteiger partial charge >= 0.3 is 0 Å². The summed E-state index contributed by atoms with van der Waals surface area (Å²) in [5.74, 6) is -0.239. The lowest BCUT2D eigenvalue weighted by atomic mass is 10.0. The molecule has 1 nitrogen and oxygen atoms in total. The van der Waals surface area contributed by atoms with E-state index in [1.807, 2.05) is 0 Å². The van der Waals surface area contributed by atoms with Crippen molar-refractivity contribution in [2.24, 2.45) is 5.73 Å². The SMILES string of the molecule is CCCCC(N)c1ccc(F)c(Br)c1. The topological polar surface area (TPSA) is 26.0 Å². The molecule has 1 unspecified atom stereocenters. The Labute approximate surface area is 92.6 Å². The molecule has 1 aromatic carbocycles. The molecular weight excluding hydrogens is 245 g/mol. The summed E-state index contributed by atoms with van der Waals surface area (Å²) in [7, 11) is 0. The quantitative estimate of drug-likeness (QED) is 0.875. The Bertz CT molecular complexity index is 301. The Morgan fingerprint density at radius 3 is 2.79 bits per heavy atom. The molecule has 0 saturated heterocycles. The van der Waals surface area contributed by atoms with E-state index in [0.717, 1.165) is 24.8 Å². The normalized spacial score (nSPS) is 12.9. The zero-order valence-electron chi connectivity index (χ0n) is 8.26. The zero-order valence-corrected chi connectivity index (χ0v) is 9.85. The molecular formula is C11H15BrFN. The van der Waals surface area contributed by atoms with E-state index in [9.17, 15) is 4.39 Å². The van der Waals surface area contributed by atoms with Crippen molar-refractivity contribution in [2.75, 3.05) is 0 Å². The number of unbranched alkanes of at least 4 members (excludes halogenated alkanes) is 1. The van der Waals surface area contributed by atoms with E-state index in [-0.39, 0.29) is 11.9 Å². The van der Waals surface area contributed by atoms with Crippen LogP contribution in [0.2, 0.25) is 0 Å². The molecule has 0 spiro atoms. The van der Waals surface area contributed by atoms with Crippen LogP contribution in [0.3, 0.4) is 0 Å². The van der Waals surface area contributed by atoms with Gasteiger partial charge in [0.2, 0.25) is 0 Å². The van der Waals surface area contributed by atoms with Gasteiger partial charge in [-0.05, 0) is 40.0 Å². The second-order valence-corrected chi connectivity index (χ2v) is 4.28. The zero-order chi connectivity index (χ0) is 10.6. The summed E-state index contributed by atoms with van der Waals surface area (Å²) >= 11 is 3.15. The number of rotatable bonds is 4. The Kier molecular flexibility index (Phi) is 4.55. The number of hydrogen-bond donors (Lipinski definition) is 1. The van der Waals surface area contributed by atoms with E-state index < -0.39 is 0 Å². The number of benzene rings is 1. The molecule has 0 heterocycles. The fraction of sp³-hybridized carbons (Fsp3) is 0.455. The van der Waals surface area contributed by atoms with Crippen molar-refractivity contribution >= 4 is 15.9 Å². The fourth-order valence-corrected chi connectivity index (χ4v) is 1.73. The van der Waals surface area contributed by atoms with E-state index >= 15 is 0 Å². The summed E-state index contributed by atoms with van der Waals surface area (Å²) in [5.41, 5.74) is 6.95. The molecule has 0 radical (unpaired) electrons. The van der Waals surface area contributed by atoms with Gasteiger partial charge in [-0.15, -0.1) is 0 Å². The Balaban J connectivity index is 2.70. The van der Waals surface area contributed by atoms with Gasteiger partial charge in [-0.2, -0.15) is 0 Å². The third-order valence-electron chi connectivity index (χ3n) is 2.24. The highest BCUT2D eigenvalue weighted by atomic mass is 79.9. The molecule has 0 aliphatic rings. The maximum atomic E-state index is 12.9. The highest BCUT2D eigenvalue weighted by Gasteiger charge is 2.07. The summed E-state index contributed by atoms with van der Waals surface area (Å²) in [6.45, 7) is 2.13. The molecule has 0 fully saturated rings. The van der Waals surface area contributed by atoms with Crippen molar-refractivity contribution in [3.63, 3.8) is 0 Å². The molecule has 0 amide bonds. The first-order valence-electron chi connectivity index (χ1n) is 4.85. The lowest BCUT2D eigenvalue weighted by Gasteiger charge is -2.11. The summed E-state index contributed by atoms with van der Waals surface area (Å²) in [6.07, 6.45) is 3.20. The molecule has 0 bridgehead atoms. The Hall–Kier alpha value is -0.410. The second-order valence-electron chi connectivity index (χ2n) is 3.42. The summed E-state index contributed by atoms with van der Waals surface area (Å²) in [6, 6.07) is 4.98. The standard InChI is InChI=1S/C11H15BrFN/c1-2-3-4-11(14)8-5-6-10(13)9(12)7-8/h5-7,11H,2-4,14H2,1H3. The fourth-order valence-electron chi connectivity index (χ4n) is 1.33. The van der Waals surface area contributed by atoms with Crippen LogP contribution < -0.4 is 5.73 Å². The third kappa shape index (κ3) is 3.07. The molecule has 14 heavy (non-hydrogen) atoms. The van der Waals surface area contributed by atoms with E-state index in [1.165, 1.54) is 6.07 Å². The minimum atomic E-state index is -0.239. The van der Waals surface area contributed by atoms with E-state index in [4.69, 9.17) is 5.73 Å². The van der Waals surface area contributed by atoms with Gasteiger partial charge in [0.25, 0.3) is 0 Å². The first-order chi connectivity index (χ1) is 6.65. The van der Waals surface area contributed by atoms with Crippen LogP contribution in [-0.4, -0.2) is 0 Å². The first kappa shape index (κ1) is 11.7. The minimum absolute atomic E-state index is 0.0202. The maximum Gasteiger partial charge on any atom is 0.137 e. The van der Waals surface area contributed by atoms with Crippen molar-refractivity contribution in [1.29, 1.82) is 0 Å². The van der Waals surface area contributed by atoms with Gasteiger partial charge in [-0.3, -0.25) is 0 Å². The van der Waals surface area contributed by atoms with Crippen molar-refractivity contribution in [1.82, 2.24) is 0 Å². The van der Waals surface area contributed by atoms with Gasteiger partial charge in [0, 0.05) is 6.04 Å². The summed E-state index contributed by atoms with van der Waals surface area (Å²) in [5, 5.41) is 0. The van der Waals surface area contributed by atoms with Gasteiger partial charge < -0.3 is 5.73 Å². The van der Waals surface area contributed by atoms with Gasteiger partial charge in [0.1, 0.15) is 5.82 Å². The van der Waals surface area contributed by atoms with Gasteiger partial charge in [-0.1, -0.05) is 25.8 Å². The average molecular weight is 260 g/mol. The smallest absolute Gasteiger partial charge is 0.137 e. The van der Waals surface area contributed by atoms with Crippen molar-refractivity contribution in [3.8, 4) is 0 Å². The lowest BCUT2D eigenvalue weighted by Crippen LogP contribution is -2.10. The number of nitrogens with two attached hydrogens (primary N) is 1. The summed E-state index contributed by atoms with van der Waals surface area (Å²) in [4.78, 5) is 0. The highest BCUT2D eigenvalue weighted by Crippen LogP contribution is 2.22. The van der Waals surface area contributed by atoms with Crippen LogP contribution in [-0.2, 0) is 0 Å². The van der Waals surface area contributed by atoms with Crippen molar-refractivity contribution < 1.29 is 4.39 Å². The maximum absolute atomic E-state index is 12.9. The van der Waals surface area contributed by atoms with Crippen LogP contribution in [0.5, 0.6) is 0 Å². The Morgan fingerprint density at radius 2 is 2.21 bits per heavy atom. The predicted octanol–water partition coefficient (Wildman–Crippen LogP) is 3.78.